The fourth-order valence-corrected chi connectivity index (χ4v) is 4.83. The first-order chi connectivity index (χ1) is 16.5. The first kappa shape index (κ1) is 29.6. The number of ether oxygens (including phenoxy) is 1. The molecule has 0 aliphatic carbocycles. The van der Waals surface area contributed by atoms with Crippen molar-refractivity contribution < 1.29 is 14.9 Å². The van der Waals surface area contributed by atoms with Crippen LogP contribution in [0.3, 0.4) is 0 Å². The van der Waals surface area contributed by atoms with Crippen molar-refractivity contribution in [3.63, 3.8) is 0 Å². The Hall–Kier alpha value is -2.59. The predicted molar refractivity (Wildman–Crippen MR) is 150 cm³/mol. The van der Waals surface area contributed by atoms with Gasteiger partial charge in [0.05, 0.1) is 17.9 Å². The number of fused-ring (bicyclic) bond motifs is 1. The van der Waals surface area contributed by atoms with Gasteiger partial charge in [-0.1, -0.05) is 53.8 Å². The molecule has 0 radical (unpaired) electrons. The van der Waals surface area contributed by atoms with Gasteiger partial charge in [0.2, 0.25) is 0 Å². The zero-order valence-electron chi connectivity index (χ0n) is 19.8. The number of rotatable bonds is 11. The maximum atomic E-state index is 11.7. The van der Waals surface area contributed by atoms with Crippen LogP contribution < -0.4 is 20.2 Å². The van der Waals surface area contributed by atoms with E-state index in [1.54, 1.807) is 13.2 Å². The summed E-state index contributed by atoms with van der Waals surface area (Å²) in [4.78, 5) is 14.0. The minimum absolute atomic E-state index is 0. The molecular weight excluding hydrogens is 521 g/mol. The van der Waals surface area contributed by atoms with Crippen LogP contribution in [0.1, 0.15) is 28.4 Å². The van der Waals surface area contributed by atoms with Crippen LogP contribution in [0.2, 0.25) is 0 Å². The Balaban J connectivity index is 0.00000228. The maximum absolute atomic E-state index is 11.7. The third-order valence-electron chi connectivity index (χ3n) is 5.66. The van der Waals surface area contributed by atoms with Crippen molar-refractivity contribution in [1.29, 1.82) is 0 Å². The van der Waals surface area contributed by atoms with E-state index in [0.717, 1.165) is 36.6 Å². The molecule has 7 nitrogen and oxygen atoms in total. The average Bonchev–Trinajstić information content (AvgIpc) is 3.24. The number of hydrogen-bond acceptors (Lipinski definition) is 7. The second-order valence-corrected chi connectivity index (χ2v) is 9.12. The fraction of sp³-hybridized carbons (Fsp3) is 0.269. The number of aromatic nitrogens is 1. The molecule has 1 heterocycles. The van der Waals surface area contributed by atoms with Crippen LogP contribution in [0.25, 0.3) is 10.2 Å². The van der Waals surface area contributed by atoms with E-state index in [2.05, 4.69) is 45.9 Å². The van der Waals surface area contributed by atoms with Gasteiger partial charge >= 0.3 is 4.87 Å². The smallest absolute Gasteiger partial charge is 0.305 e. The average molecular weight is 553 g/mol. The van der Waals surface area contributed by atoms with Crippen molar-refractivity contribution in [2.45, 2.75) is 25.6 Å². The Morgan fingerprint density at radius 2 is 1.67 bits per heavy atom. The lowest BCUT2D eigenvalue weighted by molar-refractivity contribution is 0.176. The van der Waals surface area contributed by atoms with E-state index in [1.165, 1.54) is 22.8 Å². The molecule has 0 fully saturated rings. The van der Waals surface area contributed by atoms with Crippen LogP contribution in [0.15, 0.2) is 65.5 Å². The molecule has 0 saturated carbocycles. The summed E-state index contributed by atoms with van der Waals surface area (Å²) in [7, 11) is 1.67. The molecule has 0 aliphatic rings. The van der Waals surface area contributed by atoms with Gasteiger partial charge in [0, 0.05) is 25.2 Å². The zero-order chi connectivity index (χ0) is 23.9. The van der Waals surface area contributed by atoms with Crippen molar-refractivity contribution in [3.05, 3.63) is 92.6 Å². The van der Waals surface area contributed by atoms with E-state index in [0.29, 0.717) is 28.9 Å². The lowest BCUT2D eigenvalue weighted by Crippen LogP contribution is -2.24. The highest BCUT2D eigenvalue weighted by Crippen LogP contribution is 2.31. The number of phenols is 1. The van der Waals surface area contributed by atoms with Gasteiger partial charge in [-0.15, -0.1) is 24.8 Å². The second-order valence-electron chi connectivity index (χ2n) is 8.14. The van der Waals surface area contributed by atoms with E-state index in [4.69, 9.17) is 4.74 Å². The number of phenolic OH excluding ortho intramolecular Hbond substituents is 1. The molecule has 0 amide bonds. The lowest BCUT2D eigenvalue weighted by atomic mass is 10.1. The van der Waals surface area contributed by atoms with Crippen molar-refractivity contribution in [2.24, 2.45) is 0 Å². The second kappa shape index (κ2) is 14.2. The molecule has 0 saturated heterocycles. The van der Waals surface area contributed by atoms with Gasteiger partial charge in [-0.05, 0) is 47.9 Å². The van der Waals surface area contributed by atoms with Crippen molar-refractivity contribution in [1.82, 2.24) is 15.6 Å². The third kappa shape index (κ3) is 7.70. The van der Waals surface area contributed by atoms with Crippen molar-refractivity contribution in [2.75, 3.05) is 20.2 Å². The predicted octanol–water partition coefficient (Wildman–Crippen LogP) is 4.30. The first-order valence-corrected chi connectivity index (χ1v) is 12.0. The number of H-pyrrole nitrogens is 1. The first-order valence-electron chi connectivity index (χ1n) is 11.2. The van der Waals surface area contributed by atoms with E-state index < -0.39 is 6.10 Å². The summed E-state index contributed by atoms with van der Waals surface area (Å²) in [6.45, 7) is 2.60. The molecule has 0 unspecified atom stereocenters. The van der Waals surface area contributed by atoms with Crippen LogP contribution in [0.5, 0.6) is 11.5 Å². The number of aromatic amines is 1. The van der Waals surface area contributed by atoms with Crippen LogP contribution in [0.4, 0.5) is 0 Å². The molecule has 4 rings (SSSR count). The van der Waals surface area contributed by atoms with E-state index in [-0.39, 0.29) is 35.4 Å². The Kier molecular flexibility index (Phi) is 11.7. The van der Waals surface area contributed by atoms with Gasteiger partial charge in [-0.3, -0.25) is 4.79 Å². The van der Waals surface area contributed by atoms with Crippen LogP contribution in [-0.2, 0) is 19.5 Å². The summed E-state index contributed by atoms with van der Waals surface area (Å²) >= 11 is 0.995. The number of benzene rings is 3. The minimum atomic E-state index is -0.776. The number of aliphatic hydroxyl groups excluding tert-OH is 1. The molecule has 0 aliphatic heterocycles. The highest BCUT2D eigenvalue weighted by molar-refractivity contribution is 7.16. The van der Waals surface area contributed by atoms with Gasteiger partial charge in [0.15, 0.2) is 0 Å². The molecule has 0 spiro atoms. The number of aliphatic hydroxyl groups is 1. The highest BCUT2D eigenvalue weighted by Gasteiger charge is 2.15. The summed E-state index contributed by atoms with van der Waals surface area (Å²) in [5.74, 6) is 0.868. The molecule has 1 aromatic heterocycles. The SMILES string of the molecule is COc1cccc(CNCc2cccc(CCNC[C@H](O)c3ccc(O)c4[nH]c(=O)sc34)c2)c1.Cl.Cl. The molecular formula is C26H31Cl2N3O4S. The number of methoxy groups -OCH3 is 1. The largest absolute Gasteiger partial charge is 0.506 e. The van der Waals surface area contributed by atoms with Gasteiger partial charge in [0.1, 0.15) is 17.0 Å². The Labute approximate surface area is 226 Å². The third-order valence-corrected chi connectivity index (χ3v) is 6.59. The molecule has 0 bridgehead atoms. The molecule has 194 valence electrons. The summed E-state index contributed by atoms with van der Waals surface area (Å²) in [5, 5.41) is 27.3. The normalized spacial score (nSPS) is 11.5. The highest BCUT2D eigenvalue weighted by atomic mass is 35.5. The van der Waals surface area contributed by atoms with Gasteiger partial charge in [-0.2, -0.15) is 0 Å². The number of halogens is 2. The van der Waals surface area contributed by atoms with Crippen LogP contribution in [0, 0.1) is 0 Å². The number of nitrogens with one attached hydrogen (secondary N) is 3. The van der Waals surface area contributed by atoms with Crippen molar-refractivity contribution in [3.8, 4) is 11.5 Å². The lowest BCUT2D eigenvalue weighted by Gasteiger charge is -2.14. The summed E-state index contributed by atoms with van der Waals surface area (Å²) in [5.41, 5.74) is 4.63. The molecule has 1 atom stereocenters. The Bertz CT molecular complexity index is 1310. The minimum Gasteiger partial charge on any atom is -0.506 e. The Morgan fingerprint density at radius 3 is 2.42 bits per heavy atom. The zero-order valence-corrected chi connectivity index (χ0v) is 22.3. The summed E-state index contributed by atoms with van der Waals surface area (Å²) < 4.78 is 5.86. The van der Waals surface area contributed by atoms with Crippen molar-refractivity contribution >= 4 is 46.4 Å². The summed E-state index contributed by atoms with van der Waals surface area (Å²) in [6.07, 6.45) is 0.0561. The standard InChI is InChI=1S/C26H29N3O4S.2ClH/c1-33-20-7-3-6-19(13-20)15-28-14-18-5-2-4-17(12-18)10-11-27-16-23(31)21-8-9-22(30)24-25(21)34-26(32)29-24;;/h2-9,12-13,23,27-28,30-31H,10-11,14-16H2,1H3,(H,29,32);2*1H/t23-;;/m0../s1. The van der Waals surface area contributed by atoms with Gasteiger partial charge in [-0.25, -0.2) is 0 Å². The Morgan fingerprint density at radius 1 is 0.972 bits per heavy atom. The number of aromatic hydroxyl groups is 1. The number of thiazole rings is 1. The number of hydrogen-bond donors (Lipinski definition) is 5. The molecule has 36 heavy (non-hydrogen) atoms. The fourth-order valence-electron chi connectivity index (χ4n) is 3.91. The molecule has 5 N–H and O–H groups in total. The molecule has 4 aromatic rings. The van der Waals surface area contributed by atoms with E-state index in [9.17, 15) is 15.0 Å². The van der Waals surface area contributed by atoms with Crippen LogP contribution in [-0.4, -0.2) is 35.4 Å². The van der Waals surface area contributed by atoms with E-state index in [1.807, 2.05) is 18.2 Å². The van der Waals surface area contributed by atoms with Gasteiger partial charge < -0.3 is 30.6 Å². The maximum Gasteiger partial charge on any atom is 0.305 e. The monoisotopic (exact) mass is 551 g/mol. The molecule has 3 aromatic carbocycles. The summed E-state index contributed by atoms with van der Waals surface area (Å²) in [6, 6.07) is 19.7. The topological polar surface area (TPSA) is 107 Å². The van der Waals surface area contributed by atoms with E-state index >= 15 is 0 Å². The van der Waals surface area contributed by atoms with Gasteiger partial charge in [0.25, 0.3) is 0 Å². The molecule has 10 heteroatoms. The van der Waals surface area contributed by atoms with Crippen LogP contribution >= 0.6 is 36.2 Å². The quantitative estimate of drug-likeness (QED) is 0.178.